The van der Waals surface area contributed by atoms with Gasteiger partial charge in [-0.1, -0.05) is 54.5 Å². The SMILES string of the molecule is CC(/C=N\OCC(=O)NC(Cc1ccc2ccccc2c1)C(=O)NCCCCC(NC(=O)NC(CCC(=O)O)C(=O)O)C(=O)O)C(O)C(O)C(O)CO. The molecule has 19 heteroatoms. The Labute approximate surface area is 304 Å². The van der Waals surface area contributed by atoms with E-state index in [-0.39, 0.29) is 32.2 Å². The standard InChI is InChI=1S/C34H47N5O14/c1-19(29(45)30(46)26(41)17-40)16-36-53-18-27(42)37-25(15-20-9-10-21-6-2-3-7-22(21)14-20)31(47)35-13-5-4-8-23(32(48)49)38-34(52)39-24(33(50)51)11-12-28(43)44/h2-3,6-7,9-10,14,16,19,23-26,29-30,40-41,45-46H,4-5,8,11-13,15,17-18H2,1H3,(H,35,47)(H,37,42)(H,43,44)(H,48,49)(H,50,51)(H2,38,39,52)/b36-16-. The normalized spacial score (nSPS) is 15.3. The molecule has 0 saturated carbocycles. The number of amides is 4. The maximum Gasteiger partial charge on any atom is 0.326 e. The number of benzene rings is 2. The Balaban J connectivity index is 1.97. The van der Waals surface area contributed by atoms with Gasteiger partial charge in [-0.15, -0.1) is 0 Å². The van der Waals surface area contributed by atoms with E-state index in [1.807, 2.05) is 47.8 Å². The second-order valence-corrected chi connectivity index (χ2v) is 12.2. The van der Waals surface area contributed by atoms with Gasteiger partial charge in [0.1, 0.15) is 30.3 Å². The van der Waals surface area contributed by atoms with E-state index >= 15 is 0 Å². The van der Waals surface area contributed by atoms with Gasteiger partial charge in [0.05, 0.1) is 12.7 Å². The Morgan fingerprint density at radius 2 is 1.45 bits per heavy atom. The van der Waals surface area contributed by atoms with Crippen LogP contribution in [0.1, 0.15) is 44.6 Å². The number of carbonyl (C=O) groups excluding carboxylic acids is 3. The first-order valence-corrected chi connectivity index (χ1v) is 16.7. The maximum absolute atomic E-state index is 13.3. The minimum absolute atomic E-state index is 0.0651. The van der Waals surface area contributed by atoms with Gasteiger partial charge < -0.3 is 61.9 Å². The zero-order chi connectivity index (χ0) is 39.5. The van der Waals surface area contributed by atoms with Crippen molar-refractivity contribution in [3.63, 3.8) is 0 Å². The lowest BCUT2D eigenvalue weighted by molar-refractivity contribution is -0.141. The molecule has 0 spiro atoms. The number of carbonyl (C=O) groups is 6. The van der Waals surface area contributed by atoms with Crippen LogP contribution in [0.5, 0.6) is 0 Å². The summed E-state index contributed by atoms with van der Waals surface area (Å²) in [6, 6.07) is 7.97. The fraction of sp³-hybridized carbons (Fsp3) is 0.500. The number of aliphatic hydroxyl groups is 4. The number of nitrogens with one attached hydrogen (secondary N) is 4. The molecular weight excluding hydrogens is 702 g/mol. The first kappa shape index (κ1) is 43.8. The number of hydrogen-bond acceptors (Lipinski definition) is 12. The average molecular weight is 750 g/mol. The van der Waals surface area contributed by atoms with Gasteiger partial charge >= 0.3 is 23.9 Å². The largest absolute Gasteiger partial charge is 0.481 e. The van der Waals surface area contributed by atoms with Crippen molar-refractivity contribution >= 4 is 52.7 Å². The Bertz CT molecular complexity index is 1570. The average Bonchev–Trinajstić information content (AvgIpc) is 3.12. The van der Waals surface area contributed by atoms with E-state index in [4.69, 9.17) is 15.1 Å². The summed E-state index contributed by atoms with van der Waals surface area (Å²) in [7, 11) is 0. The minimum Gasteiger partial charge on any atom is -0.481 e. The van der Waals surface area contributed by atoms with E-state index in [1.54, 1.807) is 0 Å². The number of unbranched alkanes of at least 4 members (excludes halogenated alkanes) is 1. The van der Waals surface area contributed by atoms with Gasteiger partial charge in [-0.2, -0.15) is 0 Å². The summed E-state index contributed by atoms with van der Waals surface area (Å²) in [5.74, 6) is -6.25. The van der Waals surface area contributed by atoms with Crippen LogP contribution < -0.4 is 21.3 Å². The number of urea groups is 1. The molecule has 0 aromatic heterocycles. The zero-order valence-electron chi connectivity index (χ0n) is 29.0. The van der Waals surface area contributed by atoms with Gasteiger partial charge in [0.2, 0.25) is 5.91 Å². The molecule has 19 nitrogen and oxygen atoms in total. The number of rotatable bonds is 24. The molecule has 53 heavy (non-hydrogen) atoms. The fourth-order valence-corrected chi connectivity index (χ4v) is 4.97. The van der Waals surface area contributed by atoms with E-state index in [9.17, 15) is 54.3 Å². The lowest BCUT2D eigenvalue weighted by atomic mass is 9.98. The molecule has 292 valence electrons. The van der Waals surface area contributed by atoms with Gasteiger partial charge in [-0.3, -0.25) is 14.4 Å². The number of carboxylic acids is 3. The molecule has 0 heterocycles. The zero-order valence-corrected chi connectivity index (χ0v) is 29.0. The highest BCUT2D eigenvalue weighted by Crippen LogP contribution is 2.17. The molecule has 2 aromatic carbocycles. The third kappa shape index (κ3) is 15.8. The molecule has 0 aliphatic heterocycles. The van der Waals surface area contributed by atoms with Crippen LogP contribution in [0.2, 0.25) is 0 Å². The van der Waals surface area contributed by atoms with Gasteiger partial charge in [0, 0.05) is 31.5 Å². The molecular formula is C34H47N5O14. The molecule has 0 saturated heterocycles. The molecule has 4 amide bonds. The van der Waals surface area contributed by atoms with Crippen LogP contribution in [0.4, 0.5) is 4.79 Å². The topological polar surface area (TPSA) is 314 Å². The van der Waals surface area contributed by atoms with Crippen LogP contribution in [-0.2, 0) is 35.2 Å². The number of oxime groups is 1. The smallest absolute Gasteiger partial charge is 0.326 e. The third-order valence-electron chi connectivity index (χ3n) is 8.01. The Kier molecular flexibility index (Phi) is 18.6. The first-order chi connectivity index (χ1) is 25.1. The molecule has 0 aliphatic rings. The number of aliphatic hydroxyl groups excluding tert-OH is 4. The van der Waals surface area contributed by atoms with Gasteiger partial charge in [0.15, 0.2) is 6.61 Å². The first-order valence-electron chi connectivity index (χ1n) is 16.7. The lowest BCUT2D eigenvalue weighted by Crippen LogP contribution is -2.51. The van der Waals surface area contributed by atoms with Crippen molar-refractivity contribution in [2.45, 2.75) is 81.9 Å². The van der Waals surface area contributed by atoms with E-state index in [1.165, 1.54) is 6.92 Å². The van der Waals surface area contributed by atoms with Crippen molar-refractivity contribution in [3.05, 3.63) is 48.0 Å². The predicted octanol–water partition coefficient (Wildman–Crippen LogP) is -1.06. The lowest BCUT2D eigenvalue weighted by Gasteiger charge is -2.24. The third-order valence-corrected chi connectivity index (χ3v) is 8.01. The molecule has 0 fully saturated rings. The molecule has 0 bridgehead atoms. The monoisotopic (exact) mass is 749 g/mol. The molecule has 7 atom stereocenters. The minimum atomic E-state index is -1.66. The summed E-state index contributed by atoms with van der Waals surface area (Å²) in [6.45, 7) is 0.128. The summed E-state index contributed by atoms with van der Waals surface area (Å²) in [5.41, 5.74) is 0.733. The Morgan fingerprint density at radius 1 is 0.811 bits per heavy atom. The van der Waals surface area contributed by atoms with Crippen molar-refractivity contribution in [1.82, 2.24) is 21.3 Å². The number of fused-ring (bicyclic) bond motifs is 1. The fourth-order valence-electron chi connectivity index (χ4n) is 4.97. The van der Waals surface area contributed by atoms with E-state index < -0.39 is 104 Å². The summed E-state index contributed by atoms with van der Waals surface area (Å²) in [6.07, 6.45) is -4.10. The Morgan fingerprint density at radius 3 is 2.08 bits per heavy atom. The van der Waals surface area contributed by atoms with Crippen molar-refractivity contribution in [2.75, 3.05) is 19.8 Å². The number of nitrogens with zero attached hydrogens (tertiary/aromatic N) is 1. The molecule has 11 N–H and O–H groups in total. The molecule has 2 rings (SSSR count). The second-order valence-electron chi connectivity index (χ2n) is 12.2. The van der Waals surface area contributed by atoms with Crippen molar-refractivity contribution in [3.8, 4) is 0 Å². The molecule has 7 unspecified atom stereocenters. The van der Waals surface area contributed by atoms with Crippen LogP contribution in [0.3, 0.4) is 0 Å². The number of aliphatic carboxylic acids is 3. The van der Waals surface area contributed by atoms with Crippen molar-refractivity contribution < 1.29 is 69.4 Å². The highest BCUT2D eigenvalue weighted by molar-refractivity contribution is 5.89. The van der Waals surface area contributed by atoms with Crippen LogP contribution in [0.25, 0.3) is 10.8 Å². The number of carboxylic acid groups (broad SMARTS) is 3. The summed E-state index contributed by atoms with van der Waals surface area (Å²) < 4.78 is 0. The van der Waals surface area contributed by atoms with Crippen LogP contribution >= 0.6 is 0 Å². The quantitative estimate of drug-likeness (QED) is 0.0346. The number of hydrogen-bond donors (Lipinski definition) is 11. The maximum atomic E-state index is 13.3. The van der Waals surface area contributed by atoms with Crippen molar-refractivity contribution in [1.29, 1.82) is 0 Å². The highest BCUT2D eigenvalue weighted by Gasteiger charge is 2.28. The Hall–Kier alpha value is -5.37. The molecule has 0 radical (unpaired) electrons. The van der Waals surface area contributed by atoms with E-state index in [0.29, 0.717) is 0 Å². The summed E-state index contributed by atoms with van der Waals surface area (Å²) in [5, 5.41) is 80.8. The van der Waals surface area contributed by atoms with E-state index in [2.05, 4.69) is 21.1 Å². The molecule has 2 aromatic rings. The van der Waals surface area contributed by atoms with E-state index in [0.717, 1.165) is 22.6 Å². The van der Waals surface area contributed by atoms with Gasteiger partial charge in [-0.25, -0.2) is 14.4 Å². The van der Waals surface area contributed by atoms with Crippen molar-refractivity contribution in [2.24, 2.45) is 11.1 Å². The summed E-state index contributed by atoms with van der Waals surface area (Å²) >= 11 is 0. The highest BCUT2D eigenvalue weighted by atomic mass is 16.6. The predicted molar refractivity (Wildman–Crippen MR) is 187 cm³/mol. The van der Waals surface area contributed by atoms with Gasteiger partial charge in [0.25, 0.3) is 5.91 Å². The van der Waals surface area contributed by atoms with Crippen LogP contribution in [-0.4, -0.2) is 134 Å². The summed E-state index contributed by atoms with van der Waals surface area (Å²) in [4.78, 5) is 77.0. The van der Waals surface area contributed by atoms with Crippen LogP contribution in [0, 0.1) is 5.92 Å². The molecule has 0 aliphatic carbocycles. The van der Waals surface area contributed by atoms with Gasteiger partial charge in [-0.05, 0) is 42.0 Å². The van der Waals surface area contributed by atoms with Crippen LogP contribution in [0.15, 0.2) is 47.6 Å². The second kappa shape index (κ2) is 22.5.